The molecule has 0 fully saturated rings. The normalized spacial score (nSPS) is 12.5. The van der Waals surface area contributed by atoms with Crippen molar-refractivity contribution in [1.29, 1.82) is 0 Å². The molecule has 0 spiro atoms. The van der Waals surface area contributed by atoms with E-state index in [9.17, 15) is 9.59 Å². The summed E-state index contributed by atoms with van der Waals surface area (Å²) >= 11 is 1.67. The topological polar surface area (TPSA) is 74.3 Å². The summed E-state index contributed by atoms with van der Waals surface area (Å²) in [6.07, 6.45) is 5.72. The van der Waals surface area contributed by atoms with E-state index in [1.165, 1.54) is 5.56 Å². The van der Waals surface area contributed by atoms with Crippen molar-refractivity contribution in [3.8, 4) is 11.3 Å². The minimum absolute atomic E-state index is 0.0893. The molecule has 0 aliphatic rings. The fraction of sp³-hybridized carbons (Fsp3) is 0.469. The fourth-order valence-corrected chi connectivity index (χ4v) is 5.33. The Morgan fingerprint density at radius 1 is 1.08 bits per heavy atom. The molecule has 3 aromatic rings. The molecular weight excluding hydrogens is 504 g/mol. The Bertz CT molecular complexity index is 1240. The summed E-state index contributed by atoms with van der Waals surface area (Å²) in [6, 6.07) is 17.3. The number of thioether (sulfide) groups is 1. The van der Waals surface area contributed by atoms with Crippen molar-refractivity contribution in [2.75, 3.05) is 39.2 Å². The van der Waals surface area contributed by atoms with Gasteiger partial charge in [-0.15, -0.1) is 0 Å². The maximum atomic E-state index is 13.9. The molecule has 3 rings (SSSR count). The molecule has 2 amide bonds. The van der Waals surface area contributed by atoms with Gasteiger partial charge in [0.05, 0.1) is 16.8 Å². The first-order valence-electron chi connectivity index (χ1n) is 13.8. The maximum absolute atomic E-state index is 13.9. The average molecular weight is 549 g/mol. The highest BCUT2D eigenvalue weighted by Gasteiger charge is 2.26. The summed E-state index contributed by atoms with van der Waals surface area (Å²) in [5, 5.41) is 6.99. The van der Waals surface area contributed by atoms with Crippen molar-refractivity contribution in [2.24, 2.45) is 5.41 Å². The fourth-order valence-electron chi connectivity index (χ4n) is 4.86. The molecule has 1 unspecified atom stereocenters. The van der Waals surface area contributed by atoms with Gasteiger partial charge in [0.1, 0.15) is 6.04 Å². The Morgan fingerprint density at radius 2 is 1.82 bits per heavy atom. The summed E-state index contributed by atoms with van der Waals surface area (Å²) in [7, 11) is 4.06. The minimum atomic E-state index is -0.619. The first kappa shape index (κ1) is 30.6. The average Bonchev–Trinajstić information content (AvgIpc) is 2.91. The van der Waals surface area contributed by atoms with Gasteiger partial charge >= 0.3 is 0 Å². The van der Waals surface area contributed by atoms with E-state index < -0.39 is 6.04 Å². The lowest BCUT2D eigenvalue weighted by molar-refractivity contribution is -0.123. The molecule has 1 atom stereocenters. The largest absolute Gasteiger partial charge is 0.354 e. The maximum Gasteiger partial charge on any atom is 0.252 e. The van der Waals surface area contributed by atoms with Gasteiger partial charge in [-0.3, -0.25) is 9.59 Å². The van der Waals surface area contributed by atoms with E-state index in [2.05, 4.69) is 48.4 Å². The first-order valence-corrected chi connectivity index (χ1v) is 15.2. The number of hydrogen-bond acceptors (Lipinski definition) is 5. The smallest absolute Gasteiger partial charge is 0.252 e. The molecule has 2 N–H and O–H groups in total. The van der Waals surface area contributed by atoms with Crippen molar-refractivity contribution in [1.82, 2.24) is 20.5 Å². The number of carbonyl (C=O) groups is 2. The second kappa shape index (κ2) is 14.5. The third-order valence-electron chi connectivity index (χ3n) is 6.72. The van der Waals surface area contributed by atoms with Gasteiger partial charge in [0.25, 0.3) is 5.91 Å². The number of nitrogens with zero attached hydrogens (tertiary/aromatic N) is 2. The van der Waals surface area contributed by atoms with E-state index in [0.29, 0.717) is 18.5 Å². The molecule has 6 nitrogen and oxygen atoms in total. The van der Waals surface area contributed by atoms with Crippen molar-refractivity contribution in [3.63, 3.8) is 0 Å². The van der Waals surface area contributed by atoms with Crippen LogP contribution in [0.3, 0.4) is 0 Å². The van der Waals surface area contributed by atoms with E-state index in [4.69, 9.17) is 4.98 Å². The second-order valence-corrected chi connectivity index (χ2v) is 12.3. The van der Waals surface area contributed by atoms with Crippen molar-refractivity contribution >= 4 is 34.5 Å². The zero-order valence-electron chi connectivity index (χ0n) is 24.3. The Labute approximate surface area is 238 Å². The number of pyridine rings is 1. The lowest BCUT2D eigenvalue weighted by Gasteiger charge is -2.29. The SMILES string of the molecule is CCCCc1ccc2nc(-c3ccccc3)cc(C(=O)NC(CCSC)C(=O)NCC(C)(C)CN(C)C)c2c1. The van der Waals surface area contributed by atoms with Crippen LogP contribution in [-0.2, 0) is 11.2 Å². The number of amides is 2. The Balaban J connectivity index is 1.93. The summed E-state index contributed by atoms with van der Waals surface area (Å²) in [4.78, 5) is 34.2. The molecule has 0 saturated carbocycles. The van der Waals surface area contributed by atoms with Gasteiger partial charge in [-0.1, -0.05) is 63.6 Å². The molecule has 39 heavy (non-hydrogen) atoms. The molecule has 1 heterocycles. The number of nitrogens with one attached hydrogen (secondary N) is 2. The Kier molecular flexibility index (Phi) is 11.4. The van der Waals surface area contributed by atoms with Gasteiger partial charge in [0, 0.05) is 24.0 Å². The lowest BCUT2D eigenvalue weighted by atomic mass is 9.93. The van der Waals surface area contributed by atoms with Gasteiger partial charge in [-0.25, -0.2) is 4.98 Å². The zero-order valence-corrected chi connectivity index (χ0v) is 25.2. The van der Waals surface area contributed by atoms with E-state index in [-0.39, 0.29) is 17.2 Å². The predicted octanol–water partition coefficient (Wildman–Crippen LogP) is 5.80. The van der Waals surface area contributed by atoms with Crippen LogP contribution in [0.4, 0.5) is 0 Å². The number of hydrogen-bond donors (Lipinski definition) is 2. The van der Waals surface area contributed by atoms with Crippen molar-refractivity contribution < 1.29 is 9.59 Å². The van der Waals surface area contributed by atoms with E-state index in [1.54, 1.807) is 11.8 Å². The van der Waals surface area contributed by atoms with Gasteiger partial charge in [-0.2, -0.15) is 11.8 Å². The summed E-state index contributed by atoms with van der Waals surface area (Å²) in [5.74, 6) is 0.378. The highest BCUT2D eigenvalue weighted by atomic mass is 32.2. The van der Waals surface area contributed by atoms with Crippen LogP contribution in [0.25, 0.3) is 22.2 Å². The molecule has 0 bridgehead atoms. The van der Waals surface area contributed by atoms with Gasteiger partial charge in [0.15, 0.2) is 0 Å². The number of aromatic nitrogens is 1. The standard InChI is InChI=1S/C32H44N4O2S/c1-7-8-12-23-15-16-27-25(19-23)26(20-29(34-27)24-13-10-9-11-14-24)30(37)35-28(17-18-39-6)31(38)33-21-32(2,3)22-36(4)5/h9-11,13-16,19-20,28H,7-8,12,17-18,21-22H2,1-6H3,(H,33,38)(H,35,37). The molecule has 0 aliphatic carbocycles. The Hall–Kier alpha value is -2.90. The number of fused-ring (bicyclic) bond motifs is 1. The van der Waals surface area contributed by atoms with E-state index >= 15 is 0 Å². The summed E-state index contributed by atoms with van der Waals surface area (Å²) in [6.45, 7) is 7.82. The summed E-state index contributed by atoms with van der Waals surface area (Å²) in [5.41, 5.74) is 4.11. The number of rotatable bonds is 14. The van der Waals surface area contributed by atoms with Crippen LogP contribution in [0.15, 0.2) is 54.6 Å². The monoisotopic (exact) mass is 548 g/mol. The highest BCUT2D eigenvalue weighted by molar-refractivity contribution is 7.98. The van der Waals surface area contributed by atoms with Crippen LogP contribution in [-0.4, -0.2) is 66.9 Å². The van der Waals surface area contributed by atoms with Crippen LogP contribution in [0.5, 0.6) is 0 Å². The van der Waals surface area contributed by atoms with Crippen LogP contribution in [0, 0.1) is 5.41 Å². The minimum Gasteiger partial charge on any atom is -0.354 e. The first-order chi connectivity index (χ1) is 18.6. The lowest BCUT2D eigenvalue weighted by Crippen LogP contribution is -2.50. The molecular formula is C32H44N4O2S. The predicted molar refractivity (Wildman–Crippen MR) is 165 cm³/mol. The van der Waals surface area contributed by atoms with Crippen molar-refractivity contribution in [3.05, 3.63) is 65.7 Å². The van der Waals surface area contributed by atoms with Crippen LogP contribution in [0.2, 0.25) is 0 Å². The van der Waals surface area contributed by atoms with Gasteiger partial charge in [-0.05, 0) is 74.5 Å². The van der Waals surface area contributed by atoms with Gasteiger partial charge < -0.3 is 15.5 Å². The number of benzene rings is 2. The van der Waals surface area contributed by atoms with Gasteiger partial charge in [0.2, 0.25) is 5.91 Å². The third-order valence-corrected chi connectivity index (χ3v) is 7.37. The molecule has 1 aromatic heterocycles. The quantitative estimate of drug-likeness (QED) is 0.266. The van der Waals surface area contributed by atoms with Crippen LogP contribution >= 0.6 is 11.8 Å². The van der Waals surface area contributed by atoms with Crippen LogP contribution in [0.1, 0.15) is 56.0 Å². The molecule has 0 saturated heterocycles. The summed E-state index contributed by atoms with van der Waals surface area (Å²) < 4.78 is 0. The zero-order chi connectivity index (χ0) is 28.4. The van der Waals surface area contributed by atoms with Crippen molar-refractivity contribution in [2.45, 2.75) is 52.5 Å². The molecule has 0 aliphatic heterocycles. The molecule has 0 radical (unpaired) electrons. The van der Waals surface area contributed by atoms with E-state index in [1.807, 2.05) is 62.8 Å². The number of aryl methyl sites for hydroxylation is 1. The van der Waals surface area contributed by atoms with E-state index in [0.717, 1.165) is 53.7 Å². The Morgan fingerprint density at radius 3 is 2.49 bits per heavy atom. The molecule has 210 valence electrons. The molecule has 2 aromatic carbocycles. The number of unbranched alkanes of at least 4 members (excludes halogenated alkanes) is 1. The third kappa shape index (κ3) is 9.07. The van der Waals surface area contributed by atoms with Crippen LogP contribution < -0.4 is 10.6 Å². The highest BCUT2D eigenvalue weighted by Crippen LogP contribution is 2.26. The molecule has 7 heteroatoms. The number of carbonyl (C=O) groups excluding carboxylic acids is 2. The second-order valence-electron chi connectivity index (χ2n) is 11.3.